The maximum atomic E-state index is 13.8. The lowest BCUT2D eigenvalue weighted by Crippen LogP contribution is -2.49. The molecule has 1 aromatic carbocycles. The first kappa shape index (κ1) is 40.1. The van der Waals surface area contributed by atoms with Crippen LogP contribution in [0.5, 0.6) is 5.75 Å². The van der Waals surface area contributed by atoms with E-state index in [1.807, 2.05) is 32.0 Å². The molecule has 0 N–H and O–H groups in total. The zero-order valence-corrected chi connectivity index (χ0v) is 35.3. The highest BCUT2D eigenvalue weighted by Crippen LogP contribution is 2.47. The molecule has 6 nitrogen and oxygen atoms in total. The summed E-state index contributed by atoms with van der Waals surface area (Å²) < 4.78 is 32.9. The molecule has 0 amide bonds. The average Bonchev–Trinajstić information content (AvgIpc) is 2.97. The van der Waals surface area contributed by atoms with Crippen LogP contribution in [-0.4, -0.2) is 59.7 Å². The lowest BCUT2D eigenvalue weighted by atomic mass is 9.66. The number of hydrogen-bond donors (Lipinski definition) is 0. The molecule has 0 saturated carbocycles. The predicted molar refractivity (Wildman–Crippen MR) is 206 cm³/mol. The van der Waals surface area contributed by atoms with Gasteiger partial charge >= 0.3 is 5.97 Å². The third kappa shape index (κ3) is 9.79. The van der Waals surface area contributed by atoms with Crippen molar-refractivity contribution < 1.29 is 27.9 Å². The Balaban J connectivity index is 1.54. The van der Waals surface area contributed by atoms with Gasteiger partial charge in [0, 0.05) is 25.0 Å². The minimum atomic E-state index is -2.07. The van der Waals surface area contributed by atoms with Gasteiger partial charge in [0.2, 0.25) is 0 Å². The fourth-order valence-electron chi connectivity index (χ4n) is 7.19. The zero-order valence-electron chi connectivity index (χ0n) is 33.3. The van der Waals surface area contributed by atoms with E-state index < -0.39 is 22.7 Å². The van der Waals surface area contributed by atoms with Crippen molar-refractivity contribution in [3.8, 4) is 5.75 Å². The van der Waals surface area contributed by atoms with Crippen molar-refractivity contribution in [2.75, 3.05) is 6.61 Å². The number of hydrogen-bond acceptors (Lipinski definition) is 6. The number of rotatable bonds is 11. The third-order valence-electron chi connectivity index (χ3n) is 12.3. The SMILES string of the molecule is Cc1cccc(C)c1OC(C)C(=O)O[C@H]1C[C@H](O[Si](C)(C)C(C)(C)C)C=C2C=C[C@H](C)[C@H](CC[C@@H]3C[C@H](O[Si](C)(C)C(C)(C)C)CCO3)[C@H]21. The number of benzene rings is 1. The van der Waals surface area contributed by atoms with Crippen LogP contribution in [0.15, 0.2) is 42.0 Å². The molecule has 1 unspecified atom stereocenters. The number of para-hydroxylation sites is 1. The number of carbonyl (C=O) groups is 1. The number of aryl methyl sites for hydroxylation is 2. The lowest BCUT2D eigenvalue weighted by molar-refractivity contribution is -0.162. The van der Waals surface area contributed by atoms with Gasteiger partial charge in [0.1, 0.15) is 11.9 Å². The Labute approximate surface area is 301 Å². The van der Waals surface area contributed by atoms with E-state index in [0.29, 0.717) is 18.3 Å². The molecule has 8 atom stereocenters. The van der Waals surface area contributed by atoms with E-state index in [1.54, 1.807) is 6.92 Å². The quantitative estimate of drug-likeness (QED) is 0.168. The monoisotopic (exact) mass is 712 g/mol. The van der Waals surface area contributed by atoms with Crippen molar-refractivity contribution in [2.45, 2.75) is 168 Å². The van der Waals surface area contributed by atoms with Crippen LogP contribution in [0.2, 0.25) is 36.3 Å². The molecule has 0 bridgehead atoms. The van der Waals surface area contributed by atoms with E-state index in [1.165, 1.54) is 5.57 Å². The molecule has 1 aromatic rings. The standard InChI is InChI=1S/C41H68O6Si2/c1-27-18-19-31-24-34(47-49(13,14)41(8,9)10)26-36(45-39(42)30(4)44-38-28(2)16-15-17-29(38)3)37(31)35(27)21-20-32-25-33(22-23-43-32)46-48(11,12)40(5,6)7/h15-19,24,27,30,32-37H,20-23,25-26H2,1-14H3/t27-,30?,32+,33+,34+,35-,36-,37-/m0/s1. The largest absolute Gasteiger partial charge is 0.478 e. The molecular weight excluding hydrogens is 645 g/mol. The summed E-state index contributed by atoms with van der Waals surface area (Å²) in [7, 11) is -3.92. The molecule has 4 rings (SSSR count). The third-order valence-corrected chi connectivity index (χ3v) is 21.4. The van der Waals surface area contributed by atoms with E-state index in [9.17, 15) is 4.79 Å². The van der Waals surface area contributed by atoms with E-state index in [0.717, 1.165) is 49.2 Å². The molecule has 1 fully saturated rings. The highest BCUT2D eigenvalue weighted by molar-refractivity contribution is 6.74. The summed E-state index contributed by atoms with van der Waals surface area (Å²) in [6.07, 6.45) is 10.8. The van der Waals surface area contributed by atoms with Crippen molar-refractivity contribution in [3.05, 3.63) is 53.1 Å². The van der Waals surface area contributed by atoms with Crippen LogP contribution in [-0.2, 0) is 23.1 Å². The summed E-state index contributed by atoms with van der Waals surface area (Å²) in [5.41, 5.74) is 3.26. The highest BCUT2D eigenvalue weighted by atomic mass is 28.4. The van der Waals surface area contributed by atoms with Crippen LogP contribution in [0.3, 0.4) is 0 Å². The smallest absolute Gasteiger partial charge is 0.347 e. The summed E-state index contributed by atoms with van der Waals surface area (Å²) in [6.45, 7) is 31.9. The molecule has 0 radical (unpaired) electrons. The first-order chi connectivity index (χ1) is 22.6. The molecule has 0 spiro atoms. The van der Waals surface area contributed by atoms with E-state index >= 15 is 0 Å². The fourth-order valence-corrected chi connectivity index (χ4v) is 9.86. The first-order valence-electron chi connectivity index (χ1n) is 18.9. The van der Waals surface area contributed by atoms with E-state index in [4.69, 9.17) is 23.1 Å². The number of carbonyl (C=O) groups excluding carboxylic acids is 1. The van der Waals surface area contributed by atoms with Gasteiger partial charge in [-0.3, -0.25) is 0 Å². The minimum Gasteiger partial charge on any atom is -0.478 e. The van der Waals surface area contributed by atoms with Gasteiger partial charge in [-0.05, 0) is 111 Å². The molecule has 0 aromatic heterocycles. The van der Waals surface area contributed by atoms with Crippen molar-refractivity contribution in [1.82, 2.24) is 0 Å². The Bertz CT molecular complexity index is 1330. The molecule has 49 heavy (non-hydrogen) atoms. The fraction of sp³-hybridized carbons (Fsp3) is 0.732. The molecule has 1 heterocycles. The second kappa shape index (κ2) is 15.5. The summed E-state index contributed by atoms with van der Waals surface area (Å²) in [5, 5.41) is 0.266. The Hall–Kier alpha value is -1.72. The molecule has 1 saturated heterocycles. The summed E-state index contributed by atoms with van der Waals surface area (Å²) in [5.74, 6) is 1.21. The molecule has 1 aliphatic heterocycles. The lowest BCUT2D eigenvalue weighted by Gasteiger charge is -2.46. The summed E-state index contributed by atoms with van der Waals surface area (Å²) in [4.78, 5) is 13.8. The maximum absolute atomic E-state index is 13.8. The van der Waals surface area contributed by atoms with Crippen LogP contribution in [0, 0.1) is 31.6 Å². The summed E-state index contributed by atoms with van der Waals surface area (Å²) >= 11 is 0. The Morgan fingerprint density at radius 2 is 1.55 bits per heavy atom. The Morgan fingerprint density at radius 1 is 0.939 bits per heavy atom. The highest BCUT2D eigenvalue weighted by Gasteiger charge is 2.46. The van der Waals surface area contributed by atoms with Gasteiger partial charge in [0.05, 0.1) is 12.2 Å². The van der Waals surface area contributed by atoms with Gasteiger partial charge in [-0.1, -0.05) is 84.9 Å². The van der Waals surface area contributed by atoms with E-state index in [-0.39, 0.29) is 46.4 Å². The second-order valence-electron chi connectivity index (χ2n) is 18.3. The van der Waals surface area contributed by atoms with Gasteiger partial charge in [-0.25, -0.2) is 4.79 Å². The van der Waals surface area contributed by atoms with Gasteiger partial charge in [-0.15, -0.1) is 0 Å². The van der Waals surface area contributed by atoms with Crippen LogP contribution >= 0.6 is 0 Å². The number of fused-ring (bicyclic) bond motifs is 1. The zero-order chi connectivity index (χ0) is 36.5. The number of esters is 1. The van der Waals surface area contributed by atoms with Crippen molar-refractivity contribution in [1.29, 1.82) is 0 Å². The van der Waals surface area contributed by atoms with Crippen LogP contribution < -0.4 is 4.74 Å². The maximum Gasteiger partial charge on any atom is 0.347 e. The molecule has 8 heteroatoms. The normalized spacial score (nSPS) is 28.8. The van der Waals surface area contributed by atoms with Crippen molar-refractivity contribution in [2.24, 2.45) is 17.8 Å². The molecular formula is C41H68O6Si2. The van der Waals surface area contributed by atoms with Gasteiger partial charge in [0.25, 0.3) is 0 Å². The van der Waals surface area contributed by atoms with Gasteiger partial charge in [0.15, 0.2) is 22.7 Å². The second-order valence-corrected chi connectivity index (χ2v) is 27.8. The summed E-state index contributed by atoms with van der Waals surface area (Å²) in [6, 6.07) is 6.04. The Kier molecular flexibility index (Phi) is 12.7. The predicted octanol–water partition coefficient (Wildman–Crippen LogP) is 10.5. The van der Waals surface area contributed by atoms with Crippen LogP contribution in [0.25, 0.3) is 0 Å². The topological polar surface area (TPSA) is 63.2 Å². The number of allylic oxidation sites excluding steroid dienone is 2. The van der Waals surface area contributed by atoms with Crippen molar-refractivity contribution >= 4 is 22.6 Å². The van der Waals surface area contributed by atoms with Gasteiger partial charge < -0.3 is 23.1 Å². The molecule has 276 valence electrons. The Morgan fingerprint density at radius 3 is 2.16 bits per heavy atom. The van der Waals surface area contributed by atoms with Gasteiger partial charge in [-0.2, -0.15) is 0 Å². The first-order valence-corrected chi connectivity index (χ1v) is 24.7. The minimum absolute atomic E-state index is 0.0773. The average molecular weight is 713 g/mol. The number of ether oxygens (including phenoxy) is 3. The van der Waals surface area contributed by atoms with Crippen molar-refractivity contribution in [3.63, 3.8) is 0 Å². The van der Waals surface area contributed by atoms with Crippen LogP contribution in [0.4, 0.5) is 0 Å². The van der Waals surface area contributed by atoms with E-state index in [2.05, 4.69) is 92.9 Å². The molecule has 2 aliphatic carbocycles. The van der Waals surface area contributed by atoms with Crippen LogP contribution in [0.1, 0.15) is 98.6 Å². The molecule has 3 aliphatic rings.